The highest BCUT2D eigenvalue weighted by atomic mass is 16.4. The lowest BCUT2D eigenvalue weighted by Gasteiger charge is -2.35. The van der Waals surface area contributed by atoms with Gasteiger partial charge < -0.3 is 20.0 Å². The summed E-state index contributed by atoms with van der Waals surface area (Å²) in [6.45, 7) is 9.81. The van der Waals surface area contributed by atoms with E-state index < -0.39 is 11.9 Å². The molecule has 3 aromatic rings. The number of nitrogens with zero attached hydrogens (tertiary/aromatic N) is 3. The zero-order chi connectivity index (χ0) is 23.8. The Kier molecular flexibility index (Phi) is 8.16. The maximum Gasteiger partial charge on any atom is 0.414 e. The Morgan fingerprint density at radius 1 is 0.939 bits per heavy atom. The highest BCUT2D eigenvalue weighted by molar-refractivity contribution is 6.27. The summed E-state index contributed by atoms with van der Waals surface area (Å²) in [6, 6.07) is 21.3. The first kappa shape index (κ1) is 23.9. The van der Waals surface area contributed by atoms with Gasteiger partial charge >= 0.3 is 11.9 Å². The minimum atomic E-state index is -1.82. The van der Waals surface area contributed by atoms with E-state index in [4.69, 9.17) is 24.8 Å². The Balaban J connectivity index is 0.000000454. The normalized spacial score (nSPS) is 14.5. The summed E-state index contributed by atoms with van der Waals surface area (Å²) in [4.78, 5) is 28.3. The molecule has 0 aliphatic carbocycles. The minimum Gasteiger partial charge on any atom is -0.473 e. The topological polar surface area (TPSA) is 94.0 Å². The fourth-order valence-corrected chi connectivity index (χ4v) is 3.77. The highest BCUT2D eigenvalue weighted by Crippen LogP contribution is 2.29. The summed E-state index contributed by atoms with van der Waals surface area (Å²) in [5, 5.41) is 17.3. The largest absolute Gasteiger partial charge is 0.473 e. The predicted molar refractivity (Wildman–Crippen MR) is 131 cm³/mol. The number of fused-ring (bicyclic) bond motifs is 1. The number of carboxylic acid groups (broad SMARTS) is 2. The van der Waals surface area contributed by atoms with Crippen molar-refractivity contribution in [3.8, 4) is 0 Å². The van der Waals surface area contributed by atoms with Crippen LogP contribution in [-0.4, -0.2) is 64.8 Å². The van der Waals surface area contributed by atoms with E-state index >= 15 is 0 Å². The lowest BCUT2D eigenvalue weighted by molar-refractivity contribution is -0.159. The second kappa shape index (κ2) is 11.2. The summed E-state index contributed by atoms with van der Waals surface area (Å²) in [5.41, 5.74) is 3.47. The molecule has 7 heteroatoms. The molecule has 172 valence electrons. The first-order valence-electron chi connectivity index (χ1n) is 11.0. The number of allylic oxidation sites excluding steroid dienone is 1. The van der Waals surface area contributed by atoms with Crippen molar-refractivity contribution in [1.29, 1.82) is 0 Å². The standard InChI is InChI=1S/C24H27N3.C2H2O4/c1-3-26-13-15-27(16-14-26)24-22-12-8-7-11-21(22)18-23(25-24)19(2)17-20-9-5-4-6-10-20;3-1(4)2(5)6/h4-12,17-18H,3,13-16H2,1-2H3;(H,3,4)(H,5,6). The number of hydrogen-bond acceptors (Lipinski definition) is 5. The molecule has 33 heavy (non-hydrogen) atoms. The van der Waals surface area contributed by atoms with Gasteiger partial charge in [-0.25, -0.2) is 14.6 Å². The summed E-state index contributed by atoms with van der Waals surface area (Å²) in [5.74, 6) is -2.52. The van der Waals surface area contributed by atoms with Gasteiger partial charge in [0.2, 0.25) is 0 Å². The van der Waals surface area contributed by atoms with Crippen molar-refractivity contribution < 1.29 is 19.8 Å². The van der Waals surface area contributed by atoms with E-state index in [0.717, 1.165) is 44.2 Å². The van der Waals surface area contributed by atoms with Gasteiger partial charge in [0.15, 0.2) is 0 Å². The summed E-state index contributed by atoms with van der Waals surface area (Å²) in [6.07, 6.45) is 2.22. The number of hydrogen-bond donors (Lipinski definition) is 2. The van der Waals surface area contributed by atoms with E-state index in [-0.39, 0.29) is 0 Å². The van der Waals surface area contributed by atoms with Gasteiger partial charge in [-0.15, -0.1) is 0 Å². The average Bonchev–Trinajstić information content (AvgIpc) is 2.84. The number of piperazine rings is 1. The molecule has 1 saturated heterocycles. The van der Waals surface area contributed by atoms with Crippen molar-refractivity contribution in [1.82, 2.24) is 9.88 Å². The van der Waals surface area contributed by atoms with E-state index in [0.29, 0.717) is 0 Å². The van der Waals surface area contributed by atoms with E-state index in [2.05, 4.69) is 90.4 Å². The van der Waals surface area contributed by atoms with Crippen LogP contribution in [0.15, 0.2) is 60.7 Å². The Bertz CT molecular complexity index is 1120. The molecule has 1 aliphatic rings. The van der Waals surface area contributed by atoms with Crippen LogP contribution in [0.1, 0.15) is 25.1 Å². The van der Waals surface area contributed by atoms with Gasteiger partial charge in [0.05, 0.1) is 5.69 Å². The van der Waals surface area contributed by atoms with Crippen molar-refractivity contribution in [2.75, 3.05) is 37.6 Å². The first-order valence-corrected chi connectivity index (χ1v) is 11.0. The van der Waals surface area contributed by atoms with Crippen molar-refractivity contribution in [2.45, 2.75) is 13.8 Å². The third kappa shape index (κ3) is 6.40. The summed E-state index contributed by atoms with van der Waals surface area (Å²) >= 11 is 0. The predicted octanol–water partition coefficient (Wildman–Crippen LogP) is 4.09. The summed E-state index contributed by atoms with van der Waals surface area (Å²) < 4.78 is 0. The lowest BCUT2D eigenvalue weighted by Crippen LogP contribution is -2.46. The van der Waals surface area contributed by atoms with Crippen molar-refractivity contribution in [2.24, 2.45) is 0 Å². The van der Waals surface area contributed by atoms with Crippen LogP contribution < -0.4 is 4.90 Å². The highest BCUT2D eigenvalue weighted by Gasteiger charge is 2.19. The molecule has 1 fully saturated rings. The van der Waals surface area contributed by atoms with Crippen molar-refractivity contribution in [3.63, 3.8) is 0 Å². The SMILES string of the molecule is CCN1CCN(c2nc(C(C)=Cc3ccccc3)cc3ccccc23)CC1.O=C(O)C(=O)O. The molecule has 0 unspecified atom stereocenters. The van der Waals surface area contributed by atoms with E-state index in [1.54, 1.807) is 0 Å². The van der Waals surface area contributed by atoms with Crippen LogP contribution in [0.3, 0.4) is 0 Å². The Labute approximate surface area is 193 Å². The minimum absolute atomic E-state index is 1.04. The number of carbonyl (C=O) groups is 2. The van der Waals surface area contributed by atoms with Crippen LogP contribution in [0.25, 0.3) is 22.4 Å². The maximum atomic E-state index is 9.10. The van der Waals surface area contributed by atoms with Gasteiger partial charge in [0.1, 0.15) is 5.82 Å². The van der Waals surface area contributed by atoms with Gasteiger partial charge in [-0.3, -0.25) is 0 Å². The lowest BCUT2D eigenvalue weighted by atomic mass is 10.0. The molecule has 0 bridgehead atoms. The number of aliphatic carboxylic acids is 2. The number of benzene rings is 2. The van der Waals surface area contributed by atoms with Crippen LogP contribution in [-0.2, 0) is 9.59 Å². The maximum absolute atomic E-state index is 9.10. The van der Waals surface area contributed by atoms with Crippen molar-refractivity contribution >= 4 is 40.2 Å². The summed E-state index contributed by atoms with van der Waals surface area (Å²) in [7, 11) is 0. The number of carboxylic acids is 2. The zero-order valence-corrected chi connectivity index (χ0v) is 18.9. The third-order valence-corrected chi connectivity index (χ3v) is 5.61. The average molecular weight is 448 g/mol. The van der Waals surface area contributed by atoms with Gasteiger partial charge in [-0.05, 0) is 42.1 Å². The molecule has 2 heterocycles. The fraction of sp³-hybridized carbons (Fsp3) is 0.269. The zero-order valence-electron chi connectivity index (χ0n) is 18.9. The van der Waals surface area contributed by atoms with Gasteiger partial charge in [-0.1, -0.05) is 61.5 Å². The molecule has 0 radical (unpaired) electrons. The monoisotopic (exact) mass is 447 g/mol. The molecule has 1 aromatic heterocycles. The van der Waals surface area contributed by atoms with Crippen LogP contribution >= 0.6 is 0 Å². The van der Waals surface area contributed by atoms with Gasteiger partial charge in [0.25, 0.3) is 0 Å². The number of likely N-dealkylation sites (N-methyl/N-ethyl adjacent to an activating group) is 1. The van der Waals surface area contributed by atoms with E-state index in [1.807, 2.05) is 0 Å². The smallest absolute Gasteiger partial charge is 0.414 e. The van der Waals surface area contributed by atoms with Crippen LogP contribution in [0.2, 0.25) is 0 Å². The molecule has 0 spiro atoms. The first-order chi connectivity index (χ1) is 15.9. The fourth-order valence-electron chi connectivity index (χ4n) is 3.77. The molecule has 4 rings (SSSR count). The Morgan fingerprint density at radius 3 is 2.15 bits per heavy atom. The Hall–Kier alpha value is -3.71. The number of pyridine rings is 1. The number of rotatable bonds is 4. The van der Waals surface area contributed by atoms with Gasteiger partial charge in [0, 0.05) is 31.6 Å². The molecular formula is C26H29N3O4. The van der Waals surface area contributed by atoms with Crippen LogP contribution in [0, 0.1) is 0 Å². The third-order valence-electron chi connectivity index (χ3n) is 5.61. The number of aromatic nitrogens is 1. The van der Waals surface area contributed by atoms with Crippen LogP contribution in [0.4, 0.5) is 5.82 Å². The van der Waals surface area contributed by atoms with Gasteiger partial charge in [-0.2, -0.15) is 0 Å². The molecular weight excluding hydrogens is 418 g/mol. The van der Waals surface area contributed by atoms with E-state index in [1.165, 1.54) is 21.9 Å². The van der Waals surface area contributed by atoms with Crippen molar-refractivity contribution in [3.05, 3.63) is 71.9 Å². The molecule has 7 nitrogen and oxygen atoms in total. The molecule has 0 atom stereocenters. The van der Waals surface area contributed by atoms with E-state index in [9.17, 15) is 0 Å². The molecule has 2 aromatic carbocycles. The molecule has 1 aliphatic heterocycles. The molecule has 0 saturated carbocycles. The quantitative estimate of drug-likeness (QED) is 0.582. The molecule has 0 amide bonds. The second-order valence-corrected chi connectivity index (χ2v) is 7.82. The van der Waals surface area contributed by atoms with Crippen LogP contribution in [0.5, 0.6) is 0 Å². The second-order valence-electron chi connectivity index (χ2n) is 7.82. The number of anilines is 1. The molecule has 2 N–H and O–H groups in total. The Morgan fingerprint density at radius 2 is 1.55 bits per heavy atom.